The Bertz CT molecular complexity index is 4570. The monoisotopic (exact) mass is 884 g/mol. The lowest BCUT2D eigenvalue weighted by Gasteiger charge is -2.13. The third-order valence-corrected chi connectivity index (χ3v) is 15.2. The maximum Gasteiger partial charge on any atom is 0.235 e. The summed E-state index contributed by atoms with van der Waals surface area (Å²) < 4.78 is 13.8. The zero-order valence-electron chi connectivity index (χ0n) is 36.4. The molecule has 0 aliphatic heterocycles. The molecule has 5 aromatic heterocycles. The first-order valence-corrected chi connectivity index (χ1v) is 23.8. The van der Waals surface area contributed by atoms with Crippen LogP contribution in [0.1, 0.15) is 0 Å². The zero-order valence-corrected chi connectivity index (χ0v) is 37.2. The van der Waals surface area contributed by atoms with Crippen molar-refractivity contribution >= 4 is 108 Å². The van der Waals surface area contributed by atoms with Gasteiger partial charge in [-0.05, 0) is 89.0 Å². The third kappa shape index (κ3) is 5.37. The summed E-state index contributed by atoms with van der Waals surface area (Å²) in [6, 6.07) is 78.3. The Hall–Kier alpha value is -8.84. The summed E-state index contributed by atoms with van der Waals surface area (Å²) in [7, 11) is 0. The molecule has 68 heavy (non-hydrogen) atoms. The van der Waals surface area contributed by atoms with Crippen molar-refractivity contribution in [2.45, 2.75) is 0 Å². The Morgan fingerprint density at radius 3 is 1.88 bits per heavy atom. The van der Waals surface area contributed by atoms with Crippen LogP contribution in [-0.4, -0.2) is 19.1 Å². The highest BCUT2D eigenvalue weighted by molar-refractivity contribution is 7.26. The molecule has 0 radical (unpaired) electrons. The predicted molar refractivity (Wildman–Crippen MR) is 285 cm³/mol. The van der Waals surface area contributed by atoms with Crippen LogP contribution in [0.5, 0.6) is 0 Å². The van der Waals surface area contributed by atoms with E-state index in [1.807, 2.05) is 11.3 Å². The van der Waals surface area contributed by atoms with E-state index in [9.17, 15) is 0 Å². The molecule has 0 saturated heterocycles. The van der Waals surface area contributed by atoms with Crippen molar-refractivity contribution in [3.8, 4) is 45.1 Å². The van der Waals surface area contributed by atoms with Crippen LogP contribution < -0.4 is 0 Å². The van der Waals surface area contributed by atoms with E-state index in [1.165, 1.54) is 47.5 Å². The van der Waals surface area contributed by atoms with E-state index in [0.717, 1.165) is 88.3 Å². The molecule has 0 atom stereocenters. The van der Waals surface area contributed by atoms with Crippen molar-refractivity contribution in [1.29, 1.82) is 0 Å². The van der Waals surface area contributed by atoms with E-state index in [0.29, 0.717) is 5.95 Å². The summed E-state index contributed by atoms with van der Waals surface area (Å²) >= 11 is 1.83. The van der Waals surface area contributed by atoms with Crippen molar-refractivity contribution in [2.24, 2.45) is 0 Å². The topological polar surface area (TPSA) is 48.8 Å². The van der Waals surface area contributed by atoms with Gasteiger partial charge in [0.15, 0.2) is 0 Å². The molecule has 0 saturated carbocycles. The second-order valence-electron chi connectivity index (χ2n) is 17.6. The van der Waals surface area contributed by atoms with Gasteiger partial charge >= 0.3 is 0 Å². The number of furan rings is 1. The standard InChI is InChI=1S/C62H36N4OS/c1-2-15-39(16-3-1)65-52-27-10-6-20-47(52)58-40(21-13-28-53(58)65)37-32-34-55-49(35-37)59-41(22-14-29-56(59)67-55)38-31-33-43-42-17-5-9-26-51(42)66(54(43)36-38)62-63-50-25-8-4-19-46(50)60(64-62)48-24-12-23-45-44-18-7-11-30-57(44)68-61(45)48/h1-36H. The van der Waals surface area contributed by atoms with Crippen molar-refractivity contribution in [1.82, 2.24) is 19.1 Å². The van der Waals surface area contributed by atoms with Crippen molar-refractivity contribution in [2.75, 3.05) is 0 Å². The van der Waals surface area contributed by atoms with Gasteiger partial charge in [-0.15, -0.1) is 11.3 Å². The molecule has 15 aromatic rings. The fourth-order valence-corrected chi connectivity index (χ4v) is 12.2. The van der Waals surface area contributed by atoms with Crippen molar-refractivity contribution in [3.05, 3.63) is 218 Å². The molecule has 15 rings (SSSR count). The largest absolute Gasteiger partial charge is 0.456 e. The first-order valence-electron chi connectivity index (χ1n) is 23.0. The molecule has 316 valence electrons. The average molecular weight is 885 g/mol. The van der Waals surface area contributed by atoms with E-state index < -0.39 is 0 Å². The van der Waals surface area contributed by atoms with Gasteiger partial charge in [0.25, 0.3) is 0 Å². The molecule has 5 nitrogen and oxygen atoms in total. The van der Waals surface area contributed by atoms with Gasteiger partial charge in [0.1, 0.15) is 11.2 Å². The SMILES string of the molecule is c1ccc(-n2c3ccccc3c3c(-c4ccc5oc6cccc(-c7ccc8c9ccccc9n(-c9nc(-c%10cccc%11c%10sc%10ccccc%10%11)c%10ccccc%10n9)c8c7)c6c5c4)cccc32)cc1. The summed E-state index contributed by atoms with van der Waals surface area (Å²) in [5.74, 6) is 0.638. The second kappa shape index (κ2) is 14.3. The summed E-state index contributed by atoms with van der Waals surface area (Å²) in [5, 5.41) is 10.5. The van der Waals surface area contributed by atoms with Crippen LogP contribution in [-0.2, 0) is 0 Å². The molecule has 0 aliphatic carbocycles. The second-order valence-corrected chi connectivity index (χ2v) is 18.7. The Labute approximate surface area is 393 Å². The van der Waals surface area contributed by atoms with E-state index in [1.54, 1.807) is 0 Å². The number of aromatic nitrogens is 4. The molecule has 0 fully saturated rings. The Kier molecular flexibility index (Phi) is 7.88. The number of hydrogen-bond donors (Lipinski definition) is 0. The third-order valence-electron chi connectivity index (χ3n) is 14.0. The van der Waals surface area contributed by atoms with Crippen LogP contribution >= 0.6 is 11.3 Å². The van der Waals surface area contributed by atoms with E-state index in [2.05, 4.69) is 228 Å². The Morgan fingerprint density at radius 2 is 1.00 bits per heavy atom. The highest BCUT2D eigenvalue weighted by Crippen LogP contribution is 2.45. The van der Waals surface area contributed by atoms with Crippen molar-refractivity contribution < 1.29 is 4.42 Å². The van der Waals surface area contributed by atoms with Gasteiger partial charge in [0.2, 0.25) is 5.95 Å². The van der Waals surface area contributed by atoms with E-state index in [-0.39, 0.29) is 0 Å². The maximum absolute atomic E-state index is 6.67. The zero-order chi connectivity index (χ0) is 44.5. The number of hydrogen-bond acceptors (Lipinski definition) is 4. The quantitative estimate of drug-likeness (QED) is 0.173. The minimum Gasteiger partial charge on any atom is -0.456 e. The molecule has 0 amide bonds. The highest BCUT2D eigenvalue weighted by atomic mass is 32.1. The van der Waals surface area contributed by atoms with Crippen LogP contribution in [0.4, 0.5) is 0 Å². The normalized spacial score (nSPS) is 12.1. The summed E-state index contributed by atoms with van der Waals surface area (Å²) in [4.78, 5) is 10.9. The number of rotatable bonds is 5. The molecule has 10 aromatic carbocycles. The van der Waals surface area contributed by atoms with Gasteiger partial charge in [-0.25, -0.2) is 9.97 Å². The first-order chi connectivity index (χ1) is 33.7. The molecular weight excluding hydrogens is 849 g/mol. The lowest BCUT2D eigenvalue weighted by atomic mass is 9.95. The molecular formula is C62H36N4OS. The number of fused-ring (bicyclic) bond motifs is 13. The van der Waals surface area contributed by atoms with Crippen LogP contribution in [0.25, 0.3) is 142 Å². The Morgan fingerprint density at radius 1 is 0.368 bits per heavy atom. The molecule has 0 spiro atoms. The van der Waals surface area contributed by atoms with Gasteiger partial charge < -0.3 is 8.98 Å². The highest BCUT2D eigenvalue weighted by Gasteiger charge is 2.22. The number of nitrogens with zero attached hydrogens (tertiary/aromatic N) is 4. The van der Waals surface area contributed by atoms with E-state index >= 15 is 0 Å². The van der Waals surface area contributed by atoms with Gasteiger partial charge in [-0.3, -0.25) is 4.57 Å². The lowest BCUT2D eigenvalue weighted by molar-refractivity contribution is 0.669. The minimum absolute atomic E-state index is 0.638. The number of benzene rings is 10. The molecule has 0 unspecified atom stereocenters. The molecule has 0 aliphatic rings. The molecule has 6 heteroatoms. The maximum atomic E-state index is 6.67. The average Bonchev–Trinajstić information content (AvgIpc) is 4.16. The first kappa shape index (κ1) is 37.4. The van der Waals surface area contributed by atoms with Crippen LogP contribution in [0.15, 0.2) is 223 Å². The Balaban J connectivity index is 0.939. The summed E-state index contributed by atoms with van der Waals surface area (Å²) in [6.45, 7) is 0. The van der Waals surface area contributed by atoms with Gasteiger partial charge in [-0.2, -0.15) is 0 Å². The van der Waals surface area contributed by atoms with Gasteiger partial charge in [0, 0.05) is 69.1 Å². The number of thiophene rings is 1. The van der Waals surface area contributed by atoms with Crippen LogP contribution in [0.2, 0.25) is 0 Å². The summed E-state index contributed by atoms with van der Waals surface area (Å²) in [5.41, 5.74) is 14.8. The molecule has 5 heterocycles. The van der Waals surface area contributed by atoms with Gasteiger partial charge in [0.05, 0.1) is 33.3 Å². The van der Waals surface area contributed by atoms with Crippen LogP contribution in [0, 0.1) is 0 Å². The lowest BCUT2D eigenvalue weighted by Crippen LogP contribution is -2.03. The van der Waals surface area contributed by atoms with Crippen molar-refractivity contribution in [3.63, 3.8) is 0 Å². The summed E-state index contributed by atoms with van der Waals surface area (Å²) in [6.07, 6.45) is 0. The fourth-order valence-electron chi connectivity index (χ4n) is 11.0. The fraction of sp³-hybridized carbons (Fsp3) is 0. The smallest absolute Gasteiger partial charge is 0.235 e. The molecule has 0 N–H and O–H groups in total. The molecule has 0 bridgehead atoms. The minimum atomic E-state index is 0.638. The predicted octanol–water partition coefficient (Wildman–Crippen LogP) is 17.1. The number of para-hydroxylation sites is 4. The van der Waals surface area contributed by atoms with Gasteiger partial charge in [-0.1, -0.05) is 152 Å². The van der Waals surface area contributed by atoms with Crippen LogP contribution in [0.3, 0.4) is 0 Å². The van der Waals surface area contributed by atoms with E-state index in [4.69, 9.17) is 14.4 Å².